The van der Waals surface area contributed by atoms with Crippen molar-refractivity contribution < 1.29 is 9.59 Å². The number of hydrogen-bond acceptors (Lipinski definition) is 5. The third-order valence-corrected chi connectivity index (χ3v) is 6.60. The number of thiophene rings is 1. The Labute approximate surface area is 178 Å². The van der Waals surface area contributed by atoms with Crippen LogP contribution in [0.4, 0.5) is 5.69 Å². The van der Waals surface area contributed by atoms with Crippen molar-refractivity contribution in [2.45, 2.75) is 39.2 Å². The third kappa shape index (κ3) is 3.63. The van der Waals surface area contributed by atoms with Crippen molar-refractivity contribution in [3.05, 3.63) is 56.4 Å². The van der Waals surface area contributed by atoms with Crippen LogP contribution in [0.2, 0.25) is 0 Å². The van der Waals surface area contributed by atoms with Gasteiger partial charge < -0.3 is 10.2 Å². The molecule has 0 saturated heterocycles. The molecule has 0 atom stereocenters. The van der Waals surface area contributed by atoms with E-state index >= 15 is 0 Å². The molecule has 1 aliphatic heterocycles. The van der Waals surface area contributed by atoms with Gasteiger partial charge in [-0.25, -0.2) is 4.98 Å². The summed E-state index contributed by atoms with van der Waals surface area (Å²) in [6.07, 6.45) is 3.90. The number of benzene rings is 1. The van der Waals surface area contributed by atoms with Gasteiger partial charge in [-0.05, 0) is 49.6 Å². The lowest BCUT2D eigenvalue weighted by atomic mass is 10.1. The van der Waals surface area contributed by atoms with E-state index in [2.05, 4.69) is 5.32 Å². The number of carbonyl (C=O) groups is 2. The molecule has 1 N–H and O–H groups in total. The van der Waals surface area contributed by atoms with Crippen LogP contribution in [0, 0.1) is 6.92 Å². The van der Waals surface area contributed by atoms with Crippen LogP contribution in [0.5, 0.6) is 0 Å². The Bertz CT molecular complexity index is 1190. The maximum atomic E-state index is 13.1. The van der Waals surface area contributed by atoms with Gasteiger partial charge in [0.25, 0.3) is 17.4 Å². The minimum absolute atomic E-state index is 0.0451. The second-order valence-corrected chi connectivity index (χ2v) is 8.76. The van der Waals surface area contributed by atoms with Crippen LogP contribution in [0.25, 0.3) is 10.2 Å². The second-order valence-electron chi connectivity index (χ2n) is 7.76. The van der Waals surface area contributed by atoms with Crippen LogP contribution >= 0.6 is 11.3 Å². The van der Waals surface area contributed by atoms with Gasteiger partial charge in [-0.2, -0.15) is 0 Å². The van der Waals surface area contributed by atoms with E-state index in [0.717, 1.165) is 31.5 Å². The highest BCUT2D eigenvalue weighted by Gasteiger charge is 2.22. The van der Waals surface area contributed by atoms with Gasteiger partial charge in [0.05, 0.1) is 10.3 Å². The fourth-order valence-electron chi connectivity index (χ4n) is 3.77. The molecular formula is C22H24N4O3S. The number of fused-ring (bicyclic) bond motifs is 2. The van der Waals surface area contributed by atoms with Crippen LogP contribution in [-0.2, 0) is 13.0 Å². The van der Waals surface area contributed by atoms with Crippen molar-refractivity contribution in [2.75, 3.05) is 19.4 Å². The fourth-order valence-corrected chi connectivity index (χ4v) is 4.85. The SMILES string of the molecule is Cc1c(C(=O)Nc2ccc(C(=O)N(C)C)cc2)sc2nc3n(c(=O)c12)CCCCC3. The summed E-state index contributed by atoms with van der Waals surface area (Å²) in [7, 11) is 3.39. The van der Waals surface area contributed by atoms with E-state index in [-0.39, 0.29) is 17.4 Å². The summed E-state index contributed by atoms with van der Waals surface area (Å²) in [5.41, 5.74) is 1.77. The first-order chi connectivity index (χ1) is 14.4. The molecular weight excluding hydrogens is 400 g/mol. The molecule has 2 aromatic heterocycles. The first kappa shape index (κ1) is 20.3. The number of amides is 2. The molecule has 8 heteroatoms. The molecule has 0 saturated carbocycles. The zero-order valence-electron chi connectivity index (χ0n) is 17.3. The van der Waals surface area contributed by atoms with Gasteiger partial charge in [-0.1, -0.05) is 6.42 Å². The van der Waals surface area contributed by atoms with Crippen LogP contribution in [0.3, 0.4) is 0 Å². The van der Waals surface area contributed by atoms with Crippen molar-refractivity contribution in [1.82, 2.24) is 14.5 Å². The Kier molecular flexibility index (Phi) is 5.42. The lowest BCUT2D eigenvalue weighted by Gasteiger charge is -2.11. The molecule has 2 amide bonds. The molecule has 0 aliphatic carbocycles. The van der Waals surface area contributed by atoms with Crippen LogP contribution < -0.4 is 10.9 Å². The summed E-state index contributed by atoms with van der Waals surface area (Å²) >= 11 is 1.26. The van der Waals surface area contributed by atoms with E-state index < -0.39 is 0 Å². The van der Waals surface area contributed by atoms with E-state index in [1.54, 1.807) is 49.9 Å². The normalized spacial score (nSPS) is 13.6. The molecule has 1 aliphatic rings. The van der Waals surface area contributed by atoms with Gasteiger partial charge >= 0.3 is 0 Å². The molecule has 1 aromatic carbocycles. The van der Waals surface area contributed by atoms with Gasteiger partial charge in [0, 0.05) is 38.3 Å². The van der Waals surface area contributed by atoms with Crippen LogP contribution in [0.15, 0.2) is 29.1 Å². The average molecular weight is 425 g/mol. The Morgan fingerprint density at radius 3 is 2.57 bits per heavy atom. The molecule has 0 fully saturated rings. The number of aryl methyl sites for hydroxylation is 2. The number of hydrogen-bond donors (Lipinski definition) is 1. The van der Waals surface area contributed by atoms with Crippen molar-refractivity contribution >= 4 is 39.1 Å². The topological polar surface area (TPSA) is 84.3 Å². The van der Waals surface area contributed by atoms with Crippen molar-refractivity contribution in [3.63, 3.8) is 0 Å². The van der Waals surface area contributed by atoms with E-state index in [1.165, 1.54) is 16.2 Å². The van der Waals surface area contributed by atoms with Crippen LogP contribution in [-0.4, -0.2) is 40.4 Å². The maximum absolute atomic E-state index is 13.1. The quantitative estimate of drug-likeness (QED) is 0.698. The van der Waals surface area contributed by atoms with Gasteiger partial charge in [-0.3, -0.25) is 19.0 Å². The summed E-state index contributed by atoms with van der Waals surface area (Å²) in [6, 6.07) is 6.76. The lowest BCUT2D eigenvalue weighted by molar-refractivity contribution is 0.0827. The molecule has 156 valence electrons. The summed E-state index contributed by atoms with van der Waals surface area (Å²) in [4.78, 5) is 45.3. The number of aromatic nitrogens is 2. The van der Waals surface area contributed by atoms with Gasteiger partial charge in [0.2, 0.25) is 0 Å². The highest BCUT2D eigenvalue weighted by molar-refractivity contribution is 7.20. The van der Waals surface area contributed by atoms with Gasteiger partial charge in [-0.15, -0.1) is 11.3 Å². The van der Waals surface area contributed by atoms with E-state index in [4.69, 9.17) is 4.98 Å². The Morgan fingerprint density at radius 1 is 1.13 bits per heavy atom. The number of anilines is 1. The van der Waals surface area contributed by atoms with Crippen molar-refractivity contribution in [3.8, 4) is 0 Å². The minimum Gasteiger partial charge on any atom is -0.345 e. The highest BCUT2D eigenvalue weighted by Crippen LogP contribution is 2.29. The number of nitrogens with zero attached hydrogens (tertiary/aromatic N) is 3. The number of nitrogens with one attached hydrogen (secondary N) is 1. The fraction of sp³-hybridized carbons (Fsp3) is 0.364. The predicted octanol–water partition coefficient (Wildman–Crippen LogP) is 3.45. The average Bonchev–Trinajstić information content (AvgIpc) is 2.89. The standard InChI is InChI=1S/C22H24N4O3S/c1-13-17-20(24-16-7-5-4-6-12-26(16)22(17)29)30-18(13)19(27)23-15-10-8-14(9-11-15)21(28)25(2)3/h8-11H,4-7,12H2,1-3H3,(H,23,27). The number of rotatable bonds is 3. The third-order valence-electron chi connectivity index (χ3n) is 5.41. The van der Waals surface area contributed by atoms with Gasteiger partial charge in [0.15, 0.2) is 0 Å². The molecule has 0 unspecified atom stereocenters. The molecule has 3 heterocycles. The molecule has 0 bridgehead atoms. The second kappa shape index (κ2) is 8.02. The largest absolute Gasteiger partial charge is 0.345 e. The van der Waals surface area contributed by atoms with E-state index in [1.807, 2.05) is 0 Å². The Hall–Kier alpha value is -3.00. The monoisotopic (exact) mass is 424 g/mol. The predicted molar refractivity (Wildman–Crippen MR) is 119 cm³/mol. The van der Waals surface area contributed by atoms with Gasteiger partial charge in [0.1, 0.15) is 10.7 Å². The zero-order chi connectivity index (χ0) is 21.4. The van der Waals surface area contributed by atoms with Crippen LogP contribution in [0.1, 0.15) is 50.7 Å². The van der Waals surface area contributed by atoms with Crippen molar-refractivity contribution in [1.29, 1.82) is 0 Å². The maximum Gasteiger partial charge on any atom is 0.266 e. The summed E-state index contributed by atoms with van der Waals surface area (Å²) in [5.74, 6) is 0.445. The molecule has 3 aromatic rings. The molecule has 30 heavy (non-hydrogen) atoms. The highest BCUT2D eigenvalue weighted by atomic mass is 32.1. The Balaban J connectivity index is 1.64. The minimum atomic E-state index is -0.276. The number of carbonyl (C=O) groups excluding carboxylic acids is 2. The first-order valence-electron chi connectivity index (χ1n) is 10.0. The lowest BCUT2D eigenvalue weighted by Crippen LogP contribution is -2.24. The molecule has 7 nitrogen and oxygen atoms in total. The molecule has 4 rings (SSSR count). The first-order valence-corrected chi connectivity index (χ1v) is 10.8. The molecule has 0 spiro atoms. The van der Waals surface area contributed by atoms with Crippen molar-refractivity contribution in [2.24, 2.45) is 0 Å². The summed E-state index contributed by atoms with van der Waals surface area (Å²) < 4.78 is 1.78. The van der Waals surface area contributed by atoms with E-state index in [0.29, 0.717) is 38.5 Å². The summed E-state index contributed by atoms with van der Waals surface area (Å²) in [6.45, 7) is 2.49. The van der Waals surface area contributed by atoms with E-state index in [9.17, 15) is 14.4 Å². The Morgan fingerprint density at radius 2 is 1.87 bits per heavy atom. The smallest absolute Gasteiger partial charge is 0.266 e. The molecule has 0 radical (unpaired) electrons. The zero-order valence-corrected chi connectivity index (χ0v) is 18.1. The summed E-state index contributed by atoms with van der Waals surface area (Å²) in [5, 5.41) is 3.41.